The molecule has 0 spiro atoms. The average Bonchev–Trinajstić information content (AvgIpc) is 2.78. The van der Waals surface area contributed by atoms with Crippen LogP contribution in [-0.2, 0) is 13.1 Å². The number of rotatable bonds is 4. The second-order valence-electron chi connectivity index (χ2n) is 3.93. The number of hydrogen-bond donors (Lipinski definition) is 2. The molecule has 3 N–H and O–H groups in total. The van der Waals surface area contributed by atoms with Gasteiger partial charge in [0.1, 0.15) is 5.69 Å². The highest BCUT2D eigenvalue weighted by Gasteiger charge is 2.15. The molecule has 5 heteroatoms. The summed E-state index contributed by atoms with van der Waals surface area (Å²) < 4.78 is 1.59. The Morgan fingerprint density at radius 2 is 2.11 bits per heavy atom. The number of nitrogens with zero attached hydrogens (tertiary/aromatic N) is 2. The predicted molar refractivity (Wildman–Crippen MR) is 69.9 cm³/mol. The van der Waals surface area contributed by atoms with E-state index in [9.17, 15) is 4.79 Å². The number of anilines is 1. The first-order valence-corrected chi connectivity index (χ1v) is 5.85. The van der Waals surface area contributed by atoms with Crippen molar-refractivity contribution in [2.24, 2.45) is 0 Å². The highest BCUT2D eigenvalue weighted by atomic mass is 16.2. The van der Waals surface area contributed by atoms with E-state index < -0.39 is 0 Å². The van der Waals surface area contributed by atoms with Gasteiger partial charge in [0.05, 0.1) is 11.9 Å². The van der Waals surface area contributed by atoms with E-state index >= 15 is 0 Å². The molecule has 0 aliphatic heterocycles. The fourth-order valence-electron chi connectivity index (χ4n) is 1.75. The monoisotopic (exact) mass is 244 g/mol. The molecule has 0 fully saturated rings. The first kappa shape index (κ1) is 12.2. The van der Waals surface area contributed by atoms with E-state index in [1.165, 1.54) is 6.20 Å². The minimum atomic E-state index is -0.198. The standard InChI is InChI=1S/C13H16N4O/c1-2-17-12(11(14)9-16-17)13(18)15-8-10-6-4-3-5-7-10/h3-7,9H,2,8,14H2,1H3,(H,15,18). The molecule has 0 saturated heterocycles. The van der Waals surface area contributed by atoms with E-state index in [0.717, 1.165) is 5.56 Å². The van der Waals surface area contributed by atoms with Crippen molar-refractivity contribution in [1.29, 1.82) is 0 Å². The number of benzene rings is 1. The van der Waals surface area contributed by atoms with E-state index in [2.05, 4.69) is 10.4 Å². The van der Waals surface area contributed by atoms with Crippen molar-refractivity contribution in [2.45, 2.75) is 20.0 Å². The van der Waals surface area contributed by atoms with Gasteiger partial charge in [0.15, 0.2) is 0 Å². The number of carbonyl (C=O) groups excluding carboxylic acids is 1. The molecule has 1 heterocycles. The van der Waals surface area contributed by atoms with Gasteiger partial charge in [0.2, 0.25) is 0 Å². The molecule has 1 amide bonds. The number of carbonyl (C=O) groups is 1. The van der Waals surface area contributed by atoms with Gasteiger partial charge in [-0.05, 0) is 12.5 Å². The molecule has 5 nitrogen and oxygen atoms in total. The lowest BCUT2D eigenvalue weighted by atomic mass is 10.2. The van der Waals surface area contributed by atoms with E-state index in [4.69, 9.17) is 5.73 Å². The maximum Gasteiger partial charge on any atom is 0.271 e. The topological polar surface area (TPSA) is 72.9 Å². The molecule has 0 aliphatic rings. The first-order chi connectivity index (χ1) is 8.72. The van der Waals surface area contributed by atoms with E-state index in [1.54, 1.807) is 4.68 Å². The van der Waals surface area contributed by atoms with E-state index in [0.29, 0.717) is 24.5 Å². The molecule has 2 rings (SSSR count). The van der Waals surface area contributed by atoms with Crippen LogP contribution in [0.2, 0.25) is 0 Å². The molecular weight excluding hydrogens is 228 g/mol. The van der Waals surface area contributed by atoms with E-state index in [1.807, 2.05) is 37.3 Å². The zero-order valence-corrected chi connectivity index (χ0v) is 10.3. The van der Waals surface area contributed by atoms with Crippen LogP contribution in [0.4, 0.5) is 5.69 Å². The van der Waals surface area contributed by atoms with Crippen LogP contribution >= 0.6 is 0 Å². The number of aromatic nitrogens is 2. The lowest BCUT2D eigenvalue weighted by molar-refractivity contribution is 0.0941. The number of nitrogens with one attached hydrogen (secondary N) is 1. The molecule has 1 aromatic heterocycles. The minimum absolute atomic E-state index is 0.198. The van der Waals surface area contributed by atoms with Crippen molar-refractivity contribution < 1.29 is 4.79 Å². The second-order valence-corrected chi connectivity index (χ2v) is 3.93. The van der Waals surface area contributed by atoms with Crippen LogP contribution < -0.4 is 11.1 Å². The Morgan fingerprint density at radius 1 is 1.39 bits per heavy atom. The van der Waals surface area contributed by atoms with Crippen LogP contribution in [-0.4, -0.2) is 15.7 Å². The molecule has 94 valence electrons. The van der Waals surface area contributed by atoms with Crippen molar-refractivity contribution >= 4 is 11.6 Å². The van der Waals surface area contributed by atoms with Crippen molar-refractivity contribution in [3.8, 4) is 0 Å². The lowest BCUT2D eigenvalue weighted by Crippen LogP contribution is -2.26. The third kappa shape index (κ3) is 2.51. The smallest absolute Gasteiger partial charge is 0.271 e. The van der Waals surface area contributed by atoms with Crippen LogP contribution in [0.5, 0.6) is 0 Å². The Labute approximate surface area is 106 Å². The molecule has 0 unspecified atom stereocenters. The fourth-order valence-corrected chi connectivity index (χ4v) is 1.75. The SMILES string of the molecule is CCn1ncc(N)c1C(=O)NCc1ccccc1. The highest BCUT2D eigenvalue weighted by molar-refractivity contribution is 5.97. The largest absolute Gasteiger partial charge is 0.396 e. The summed E-state index contributed by atoms with van der Waals surface area (Å²) in [4.78, 5) is 12.0. The summed E-state index contributed by atoms with van der Waals surface area (Å²) >= 11 is 0. The maximum absolute atomic E-state index is 12.0. The normalized spacial score (nSPS) is 10.3. The molecule has 0 radical (unpaired) electrons. The summed E-state index contributed by atoms with van der Waals surface area (Å²) in [5.74, 6) is -0.198. The van der Waals surface area contributed by atoms with Crippen LogP contribution in [0, 0.1) is 0 Å². The quantitative estimate of drug-likeness (QED) is 0.854. The molecule has 0 saturated carbocycles. The predicted octanol–water partition coefficient (Wildman–Crippen LogP) is 1.42. The Hall–Kier alpha value is -2.30. The van der Waals surface area contributed by atoms with E-state index in [-0.39, 0.29) is 5.91 Å². The first-order valence-electron chi connectivity index (χ1n) is 5.85. The van der Waals surface area contributed by atoms with Gasteiger partial charge in [-0.3, -0.25) is 9.48 Å². The summed E-state index contributed by atoms with van der Waals surface area (Å²) in [7, 11) is 0. The Balaban J connectivity index is 2.06. The molecule has 18 heavy (non-hydrogen) atoms. The van der Waals surface area contributed by atoms with Crippen molar-refractivity contribution in [2.75, 3.05) is 5.73 Å². The van der Waals surface area contributed by atoms with Crippen molar-refractivity contribution in [1.82, 2.24) is 15.1 Å². The molecular formula is C13H16N4O. The van der Waals surface area contributed by atoms with Gasteiger partial charge in [0, 0.05) is 13.1 Å². The maximum atomic E-state index is 12.0. The number of nitrogen functional groups attached to an aromatic ring is 1. The third-order valence-electron chi connectivity index (χ3n) is 2.68. The fraction of sp³-hybridized carbons (Fsp3) is 0.231. The van der Waals surface area contributed by atoms with Gasteiger partial charge < -0.3 is 11.1 Å². The molecule has 0 bridgehead atoms. The third-order valence-corrected chi connectivity index (χ3v) is 2.68. The van der Waals surface area contributed by atoms with Crippen LogP contribution in [0.1, 0.15) is 23.0 Å². The second kappa shape index (κ2) is 5.35. The average molecular weight is 244 g/mol. The van der Waals surface area contributed by atoms with Crippen molar-refractivity contribution in [3.63, 3.8) is 0 Å². The number of amides is 1. The number of aryl methyl sites for hydroxylation is 1. The molecule has 0 aliphatic carbocycles. The van der Waals surface area contributed by atoms with Crippen LogP contribution in [0.25, 0.3) is 0 Å². The van der Waals surface area contributed by atoms with Gasteiger partial charge >= 0.3 is 0 Å². The zero-order valence-electron chi connectivity index (χ0n) is 10.3. The van der Waals surface area contributed by atoms with Gasteiger partial charge in [-0.2, -0.15) is 5.10 Å². The molecule has 0 atom stereocenters. The summed E-state index contributed by atoms with van der Waals surface area (Å²) in [6.07, 6.45) is 1.50. The van der Waals surface area contributed by atoms with Gasteiger partial charge in [-0.1, -0.05) is 30.3 Å². The van der Waals surface area contributed by atoms with Crippen LogP contribution in [0.15, 0.2) is 36.5 Å². The van der Waals surface area contributed by atoms with Crippen molar-refractivity contribution in [3.05, 3.63) is 47.8 Å². The molecule has 2 aromatic rings. The lowest BCUT2D eigenvalue weighted by Gasteiger charge is -2.07. The summed E-state index contributed by atoms with van der Waals surface area (Å²) in [6, 6.07) is 9.73. The Kier molecular flexibility index (Phi) is 3.62. The molecule has 1 aromatic carbocycles. The number of hydrogen-bond acceptors (Lipinski definition) is 3. The van der Waals surface area contributed by atoms with Crippen LogP contribution in [0.3, 0.4) is 0 Å². The Bertz CT molecular complexity index is 533. The summed E-state index contributed by atoms with van der Waals surface area (Å²) in [5.41, 5.74) is 7.62. The summed E-state index contributed by atoms with van der Waals surface area (Å²) in [6.45, 7) is 3.01. The van der Waals surface area contributed by atoms with Gasteiger partial charge in [-0.15, -0.1) is 0 Å². The summed E-state index contributed by atoms with van der Waals surface area (Å²) in [5, 5.41) is 6.88. The van der Waals surface area contributed by atoms with Gasteiger partial charge in [-0.25, -0.2) is 0 Å². The Morgan fingerprint density at radius 3 is 2.78 bits per heavy atom. The minimum Gasteiger partial charge on any atom is -0.396 e. The highest BCUT2D eigenvalue weighted by Crippen LogP contribution is 2.10. The zero-order chi connectivity index (χ0) is 13.0. The number of nitrogens with two attached hydrogens (primary N) is 1. The van der Waals surface area contributed by atoms with Gasteiger partial charge in [0.25, 0.3) is 5.91 Å².